The van der Waals surface area contributed by atoms with Crippen molar-refractivity contribution in [3.05, 3.63) is 54.4 Å². The van der Waals surface area contributed by atoms with Crippen molar-refractivity contribution >= 4 is 11.8 Å². The van der Waals surface area contributed by atoms with Crippen LogP contribution in [0.2, 0.25) is 0 Å². The molecule has 0 aliphatic rings. The molecule has 2 rings (SSSR count). The summed E-state index contributed by atoms with van der Waals surface area (Å²) in [7, 11) is 0. The Morgan fingerprint density at radius 1 is 1.07 bits per heavy atom. The summed E-state index contributed by atoms with van der Waals surface area (Å²) in [6, 6.07) is 13.9. The first kappa shape index (κ1) is 10.2. The predicted molar refractivity (Wildman–Crippen MR) is 60.7 cm³/mol. The molecule has 1 N–H and O–H groups in total. The van der Waals surface area contributed by atoms with Crippen LogP contribution < -0.4 is 0 Å². The Kier molecular flexibility index (Phi) is 3.37. The molecule has 76 valence electrons. The molecule has 0 radical (unpaired) electrons. The molecular formula is C12H11NOS. The lowest BCUT2D eigenvalue weighted by Crippen LogP contribution is -1.90. The van der Waals surface area contributed by atoms with Crippen molar-refractivity contribution in [3.8, 4) is 0 Å². The number of nitrogens with zero attached hydrogens (tertiary/aromatic N) is 1. The van der Waals surface area contributed by atoms with Gasteiger partial charge in [0.15, 0.2) is 0 Å². The van der Waals surface area contributed by atoms with Gasteiger partial charge in [-0.25, -0.2) is 0 Å². The van der Waals surface area contributed by atoms with Crippen molar-refractivity contribution in [2.45, 2.75) is 16.4 Å². The minimum Gasteiger partial charge on any atom is -0.390 e. The second kappa shape index (κ2) is 4.96. The summed E-state index contributed by atoms with van der Waals surface area (Å²) in [5.74, 6) is 0. The monoisotopic (exact) mass is 217 g/mol. The summed E-state index contributed by atoms with van der Waals surface area (Å²) < 4.78 is 0. The normalized spacial score (nSPS) is 10.2. The number of pyridine rings is 1. The maximum Gasteiger partial charge on any atom is 0.0864 e. The van der Waals surface area contributed by atoms with Crippen LogP contribution in [0.1, 0.15) is 5.69 Å². The summed E-state index contributed by atoms with van der Waals surface area (Å²) in [6.07, 6.45) is 1.70. The van der Waals surface area contributed by atoms with E-state index in [1.54, 1.807) is 18.0 Å². The van der Waals surface area contributed by atoms with Gasteiger partial charge in [0.25, 0.3) is 0 Å². The second-order valence-electron chi connectivity index (χ2n) is 3.02. The fourth-order valence-corrected chi connectivity index (χ4v) is 2.18. The number of benzene rings is 1. The number of rotatable bonds is 3. The minimum atomic E-state index is -0.0179. The van der Waals surface area contributed by atoms with E-state index in [4.69, 9.17) is 5.11 Å². The van der Waals surface area contributed by atoms with Crippen molar-refractivity contribution in [2.24, 2.45) is 0 Å². The Bertz CT molecular complexity index is 431. The SMILES string of the molecule is OCc1ncccc1Sc1ccccc1. The number of aliphatic hydroxyl groups is 1. The van der Waals surface area contributed by atoms with Gasteiger partial charge < -0.3 is 5.11 Å². The van der Waals surface area contributed by atoms with Crippen molar-refractivity contribution in [2.75, 3.05) is 0 Å². The van der Waals surface area contributed by atoms with E-state index in [2.05, 4.69) is 4.98 Å². The molecule has 0 fully saturated rings. The van der Waals surface area contributed by atoms with Crippen molar-refractivity contribution in [1.82, 2.24) is 4.98 Å². The molecule has 1 aromatic carbocycles. The van der Waals surface area contributed by atoms with Gasteiger partial charge in [-0.3, -0.25) is 4.98 Å². The average Bonchev–Trinajstić information content (AvgIpc) is 2.31. The summed E-state index contributed by atoms with van der Waals surface area (Å²) in [5, 5.41) is 9.12. The third-order valence-electron chi connectivity index (χ3n) is 1.97. The molecule has 0 unspecified atom stereocenters. The van der Waals surface area contributed by atoms with Gasteiger partial charge in [-0.05, 0) is 24.3 Å². The van der Waals surface area contributed by atoms with Crippen LogP contribution in [-0.4, -0.2) is 10.1 Å². The highest BCUT2D eigenvalue weighted by Crippen LogP contribution is 2.28. The van der Waals surface area contributed by atoms with Gasteiger partial charge in [-0.1, -0.05) is 30.0 Å². The number of aliphatic hydroxyl groups excluding tert-OH is 1. The van der Waals surface area contributed by atoms with Gasteiger partial charge in [0.05, 0.1) is 12.3 Å². The van der Waals surface area contributed by atoms with Crippen LogP contribution in [0.15, 0.2) is 58.5 Å². The Morgan fingerprint density at radius 2 is 1.87 bits per heavy atom. The van der Waals surface area contributed by atoms with Crippen LogP contribution in [0, 0.1) is 0 Å². The molecule has 0 saturated carbocycles. The molecule has 2 nitrogen and oxygen atoms in total. The third-order valence-corrected chi connectivity index (χ3v) is 3.07. The maximum absolute atomic E-state index is 9.12. The van der Waals surface area contributed by atoms with Gasteiger partial charge in [0, 0.05) is 16.0 Å². The van der Waals surface area contributed by atoms with Crippen LogP contribution in [0.3, 0.4) is 0 Å². The van der Waals surface area contributed by atoms with Gasteiger partial charge in [0.2, 0.25) is 0 Å². The van der Waals surface area contributed by atoms with Crippen molar-refractivity contribution in [1.29, 1.82) is 0 Å². The van der Waals surface area contributed by atoms with Crippen LogP contribution in [0.5, 0.6) is 0 Å². The van der Waals surface area contributed by atoms with E-state index in [9.17, 15) is 0 Å². The van der Waals surface area contributed by atoms with E-state index in [1.807, 2.05) is 42.5 Å². The first-order chi connectivity index (χ1) is 7.40. The first-order valence-electron chi connectivity index (χ1n) is 4.68. The van der Waals surface area contributed by atoms with Crippen LogP contribution in [0.4, 0.5) is 0 Å². The topological polar surface area (TPSA) is 33.1 Å². The van der Waals surface area contributed by atoms with Crippen LogP contribution in [0.25, 0.3) is 0 Å². The smallest absolute Gasteiger partial charge is 0.0864 e. The molecule has 0 bridgehead atoms. The average molecular weight is 217 g/mol. The Labute approximate surface area is 93.0 Å². The largest absolute Gasteiger partial charge is 0.390 e. The molecule has 1 aromatic heterocycles. The van der Waals surface area contributed by atoms with Crippen LogP contribution in [-0.2, 0) is 6.61 Å². The van der Waals surface area contributed by atoms with E-state index < -0.39 is 0 Å². The Morgan fingerprint density at radius 3 is 2.60 bits per heavy atom. The summed E-state index contributed by atoms with van der Waals surface area (Å²) >= 11 is 1.62. The molecular weight excluding hydrogens is 206 g/mol. The lowest BCUT2D eigenvalue weighted by atomic mass is 10.4. The number of aromatic nitrogens is 1. The van der Waals surface area contributed by atoms with Gasteiger partial charge in [-0.2, -0.15) is 0 Å². The highest BCUT2D eigenvalue weighted by Gasteiger charge is 2.03. The molecule has 0 aliphatic carbocycles. The fourth-order valence-electron chi connectivity index (χ4n) is 1.25. The van der Waals surface area contributed by atoms with Crippen LogP contribution >= 0.6 is 11.8 Å². The maximum atomic E-state index is 9.12. The molecule has 2 aromatic rings. The zero-order valence-corrected chi connectivity index (χ0v) is 8.95. The fraction of sp³-hybridized carbons (Fsp3) is 0.0833. The van der Waals surface area contributed by atoms with Gasteiger partial charge in [0.1, 0.15) is 0 Å². The molecule has 1 heterocycles. The van der Waals surface area contributed by atoms with Crippen molar-refractivity contribution < 1.29 is 5.11 Å². The predicted octanol–water partition coefficient (Wildman–Crippen LogP) is 2.73. The number of hydrogen-bond donors (Lipinski definition) is 1. The molecule has 0 aliphatic heterocycles. The molecule has 0 atom stereocenters. The summed E-state index contributed by atoms with van der Waals surface area (Å²) in [6.45, 7) is -0.0179. The highest BCUT2D eigenvalue weighted by atomic mass is 32.2. The minimum absolute atomic E-state index is 0.0179. The molecule has 0 amide bonds. The quantitative estimate of drug-likeness (QED) is 0.858. The van der Waals surface area contributed by atoms with E-state index in [0.717, 1.165) is 15.5 Å². The van der Waals surface area contributed by atoms with E-state index in [1.165, 1.54) is 0 Å². The first-order valence-corrected chi connectivity index (χ1v) is 5.49. The van der Waals surface area contributed by atoms with E-state index in [-0.39, 0.29) is 6.61 Å². The highest BCUT2D eigenvalue weighted by molar-refractivity contribution is 7.99. The molecule has 15 heavy (non-hydrogen) atoms. The zero-order valence-electron chi connectivity index (χ0n) is 8.13. The Hall–Kier alpha value is -1.32. The zero-order chi connectivity index (χ0) is 10.5. The lowest BCUT2D eigenvalue weighted by molar-refractivity contribution is 0.273. The van der Waals surface area contributed by atoms with Crippen molar-refractivity contribution in [3.63, 3.8) is 0 Å². The third kappa shape index (κ3) is 2.58. The summed E-state index contributed by atoms with van der Waals surface area (Å²) in [5.41, 5.74) is 0.728. The second-order valence-corrected chi connectivity index (χ2v) is 4.14. The Balaban J connectivity index is 2.24. The van der Waals surface area contributed by atoms with Gasteiger partial charge >= 0.3 is 0 Å². The number of hydrogen-bond acceptors (Lipinski definition) is 3. The molecule has 0 saturated heterocycles. The van der Waals surface area contributed by atoms with E-state index >= 15 is 0 Å². The lowest BCUT2D eigenvalue weighted by Gasteiger charge is -2.04. The van der Waals surface area contributed by atoms with Gasteiger partial charge in [-0.15, -0.1) is 0 Å². The standard InChI is InChI=1S/C12H11NOS/c14-9-11-12(7-4-8-13-11)15-10-5-2-1-3-6-10/h1-8,14H,9H2. The molecule has 3 heteroatoms. The summed E-state index contributed by atoms with van der Waals surface area (Å²) in [4.78, 5) is 6.28. The molecule has 0 spiro atoms. The van der Waals surface area contributed by atoms with E-state index in [0.29, 0.717) is 0 Å².